The van der Waals surface area contributed by atoms with Gasteiger partial charge in [-0.3, -0.25) is 24.1 Å². The number of morpholine rings is 1. The molecule has 0 spiro atoms. The molecule has 0 aliphatic carbocycles. The second-order valence-corrected chi connectivity index (χ2v) is 10.8. The molecule has 0 atom stereocenters. The number of nitrogens with one attached hydrogen (secondary N) is 1. The summed E-state index contributed by atoms with van der Waals surface area (Å²) < 4.78 is 5.42. The number of pyridine rings is 1. The third-order valence-electron chi connectivity index (χ3n) is 8.18. The molecule has 214 valence electrons. The average molecular weight is 573 g/mol. The second-order valence-electron chi connectivity index (χ2n) is 10.8. The van der Waals surface area contributed by atoms with Gasteiger partial charge >= 0.3 is 0 Å². The van der Waals surface area contributed by atoms with Crippen LogP contribution in [-0.4, -0.2) is 66.2 Å². The molecule has 3 aromatic carbocycles. The molecule has 1 N–H and O–H groups in total. The highest BCUT2D eigenvalue weighted by Gasteiger charge is 2.34. The number of ether oxygens (including phenoxy) is 1. The molecule has 1 saturated heterocycles. The number of benzene rings is 3. The van der Waals surface area contributed by atoms with Gasteiger partial charge in [0.1, 0.15) is 0 Å². The minimum Gasteiger partial charge on any atom is -0.378 e. The first-order chi connectivity index (χ1) is 20.9. The second kappa shape index (κ2) is 10.6. The van der Waals surface area contributed by atoms with Crippen LogP contribution in [0.3, 0.4) is 0 Å². The number of fused-ring (bicyclic) bond motifs is 3. The molecule has 0 bridgehead atoms. The number of aromatic nitrogens is 1. The summed E-state index contributed by atoms with van der Waals surface area (Å²) >= 11 is 0. The number of para-hydroxylation sites is 1. The van der Waals surface area contributed by atoms with Crippen LogP contribution in [0.1, 0.15) is 49.3 Å². The maximum atomic E-state index is 13.4. The van der Waals surface area contributed by atoms with Crippen molar-refractivity contribution in [1.82, 2.24) is 15.2 Å². The number of hydrogen-bond acceptors (Lipinski definition) is 6. The number of carbonyl (C=O) groups is 4. The molecule has 4 heterocycles. The molecule has 0 radical (unpaired) electrons. The molecule has 3 amide bonds. The summed E-state index contributed by atoms with van der Waals surface area (Å²) in [7, 11) is 0. The molecule has 0 unspecified atom stereocenters. The largest absolute Gasteiger partial charge is 0.378 e. The van der Waals surface area contributed by atoms with Crippen molar-refractivity contribution in [1.29, 1.82) is 0 Å². The zero-order valence-electron chi connectivity index (χ0n) is 23.6. The van der Waals surface area contributed by atoms with Crippen LogP contribution >= 0.6 is 0 Å². The van der Waals surface area contributed by atoms with E-state index in [1.165, 1.54) is 11.8 Å². The third-order valence-corrected chi connectivity index (χ3v) is 8.18. The maximum Gasteiger partial charge on any atom is 0.254 e. The molecule has 3 aliphatic rings. The van der Waals surface area contributed by atoms with Crippen molar-refractivity contribution in [3.05, 3.63) is 100 Å². The Labute approximate surface area is 247 Å². The third kappa shape index (κ3) is 4.67. The number of rotatable bonds is 3. The standard InChI is InChI=1S/C34H28N4O5/c1-20(39)38-30-5-3-2-4-26(30)32(40)31(38)19-24-18-27(21-6-8-25-22(16-21)10-11-35-33(25)41)28-17-23(7-9-29(28)36-24)34(42)37-12-14-43-15-13-37/h2-9,16-19H,10-15H2,1H3,(H,35,41). The van der Waals surface area contributed by atoms with Gasteiger partial charge < -0.3 is 15.0 Å². The highest BCUT2D eigenvalue weighted by Crippen LogP contribution is 2.37. The van der Waals surface area contributed by atoms with Crippen molar-refractivity contribution in [3.8, 4) is 11.1 Å². The summed E-state index contributed by atoms with van der Waals surface area (Å²) in [5, 5.41) is 3.65. The van der Waals surface area contributed by atoms with Crippen LogP contribution in [0.2, 0.25) is 0 Å². The van der Waals surface area contributed by atoms with E-state index in [0.29, 0.717) is 72.9 Å². The fraction of sp³-hybridized carbons (Fsp3) is 0.206. The fourth-order valence-corrected chi connectivity index (χ4v) is 6.08. The van der Waals surface area contributed by atoms with E-state index in [1.54, 1.807) is 41.3 Å². The average Bonchev–Trinajstić information content (AvgIpc) is 3.31. The van der Waals surface area contributed by atoms with E-state index in [4.69, 9.17) is 9.72 Å². The van der Waals surface area contributed by atoms with Crippen LogP contribution in [0.15, 0.2) is 72.4 Å². The van der Waals surface area contributed by atoms with Gasteiger partial charge in [0, 0.05) is 48.6 Å². The van der Waals surface area contributed by atoms with Gasteiger partial charge in [-0.1, -0.05) is 24.3 Å². The minimum atomic E-state index is -0.273. The SMILES string of the molecule is CC(=O)N1C(=Cc2cc(-c3ccc4c(c3)CCNC4=O)c3cc(C(=O)N4CCOCC4)ccc3n2)C(=O)c2ccccc21. The van der Waals surface area contributed by atoms with Gasteiger partial charge in [-0.25, -0.2) is 4.98 Å². The normalized spacial score (nSPS) is 17.2. The highest BCUT2D eigenvalue weighted by molar-refractivity contribution is 6.26. The topological polar surface area (TPSA) is 109 Å². The number of allylic oxidation sites excluding steroid dienone is 1. The fourth-order valence-electron chi connectivity index (χ4n) is 6.08. The molecule has 3 aliphatic heterocycles. The van der Waals surface area contributed by atoms with Gasteiger partial charge in [0.05, 0.1) is 35.8 Å². The molecular formula is C34H28N4O5. The lowest BCUT2D eigenvalue weighted by molar-refractivity contribution is -0.116. The Morgan fingerprint density at radius 2 is 1.74 bits per heavy atom. The molecule has 4 aromatic rings. The Kier molecular flexibility index (Phi) is 6.59. The Morgan fingerprint density at radius 3 is 2.56 bits per heavy atom. The van der Waals surface area contributed by atoms with E-state index in [1.807, 2.05) is 36.4 Å². The van der Waals surface area contributed by atoms with Gasteiger partial charge in [-0.15, -0.1) is 0 Å². The minimum absolute atomic E-state index is 0.0733. The van der Waals surface area contributed by atoms with E-state index < -0.39 is 0 Å². The maximum absolute atomic E-state index is 13.4. The van der Waals surface area contributed by atoms with Crippen LogP contribution in [0.5, 0.6) is 0 Å². The van der Waals surface area contributed by atoms with E-state index in [0.717, 1.165) is 22.1 Å². The Morgan fingerprint density at radius 1 is 0.930 bits per heavy atom. The van der Waals surface area contributed by atoms with Gasteiger partial charge in [0.25, 0.3) is 11.8 Å². The predicted molar refractivity (Wildman–Crippen MR) is 162 cm³/mol. The van der Waals surface area contributed by atoms with Crippen molar-refractivity contribution >= 4 is 46.2 Å². The summed E-state index contributed by atoms with van der Waals surface area (Å²) in [5.41, 5.74) is 6.17. The quantitative estimate of drug-likeness (QED) is 0.368. The molecule has 9 heteroatoms. The number of ketones is 1. The summed E-state index contributed by atoms with van der Waals surface area (Å²) in [6, 6.07) is 20.1. The van der Waals surface area contributed by atoms with Gasteiger partial charge in [0.15, 0.2) is 0 Å². The Hall–Kier alpha value is -5.15. The first-order valence-electron chi connectivity index (χ1n) is 14.3. The number of Topliss-reactive ketones (excluding diaryl/α,β-unsaturated/α-hetero) is 1. The van der Waals surface area contributed by atoms with Crippen molar-refractivity contribution in [2.24, 2.45) is 0 Å². The summed E-state index contributed by atoms with van der Waals surface area (Å²) in [6.45, 7) is 4.07. The molecule has 1 fully saturated rings. The van der Waals surface area contributed by atoms with Gasteiger partial charge in [0.2, 0.25) is 11.7 Å². The molecule has 1 aromatic heterocycles. The zero-order valence-corrected chi connectivity index (χ0v) is 23.6. The van der Waals surface area contributed by atoms with Crippen LogP contribution in [0.25, 0.3) is 28.1 Å². The van der Waals surface area contributed by atoms with Gasteiger partial charge in [-0.2, -0.15) is 0 Å². The lowest BCUT2D eigenvalue weighted by Crippen LogP contribution is -2.40. The van der Waals surface area contributed by atoms with E-state index in [-0.39, 0.29) is 29.2 Å². The van der Waals surface area contributed by atoms with Crippen molar-refractivity contribution < 1.29 is 23.9 Å². The van der Waals surface area contributed by atoms with Crippen molar-refractivity contribution in [2.75, 3.05) is 37.7 Å². The number of hydrogen-bond donors (Lipinski definition) is 1. The zero-order chi connectivity index (χ0) is 29.7. The molecule has 43 heavy (non-hydrogen) atoms. The summed E-state index contributed by atoms with van der Waals surface area (Å²) in [5.74, 6) is -0.694. The molecular weight excluding hydrogens is 544 g/mol. The van der Waals surface area contributed by atoms with E-state index in [2.05, 4.69) is 5.32 Å². The Bertz CT molecular complexity index is 1890. The molecule has 0 saturated carbocycles. The van der Waals surface area contributed by atoms with E-state index in [9.17, 15) is 19.2 Å². The van der Waals surface area contributed by atoms with Crippen molar-refractivity contribution in [3.63, 3.8) is 0 Å². The molecule has 9 nitrogen and oxygen atoms in total. The highest BCUT2D eigenvalue weighted by atomic mass is 16.5. The van der Waals surface area contributed by atoms with Crippen LogP contribution in [0.4, 0.5) is 5.69 Å². The number of nitrogens with zero attached hydrogens (tertiary/aromatic N) is 3. The monoisotopic (exact) mass is 572 g/mol. The Balaban J connectivity index is 1.39. The number of amides is 3. The van der Waals surface area contributed by atoms with Gasteiger partial charge in [-0.05, 0) is 71.7 Å². The summed E-state index contributed by atoms with van der Waals surface area (Å²) in [6.07, 6.45) is 2.35. The number of anilines is 1. The first-order valence-corrected chi connectivity index (χ1v) is 14.3. The lowest BCUT2D eigenvalue weighted by atomic mass is 9.92. The van der Waals surface area contributed by atoms with Crippen LogP contribution in [-0.2, 0) is 16.0 Å². The predicted octanol–water partition coefficient (Wildman–Crippen LogP) is 4.25. The number of carbonyl (C=O) groups excluding carboxylic acids is 4. The van der Waals surface area contributed by atoms with E-state index >= 15 is 0 Å². The summed E-state index contributed by atoms with van der Waals surface area (Å²) in [4.78, 5) is 60.0. The molecule has 7 rings (SSSR count). The van der Waals surface area contributed by atoms with Crippen LogP contribution in [0, 0.1) is 0 Å². The lowest BCUT2D eigenvalue weighted by Gasteiger charge is -2.27. The van der Waals surface area contributed by atoms with Crippen molar-refractivity contribution in [2.45, 2.75) is 13.3 Å². The first kappa shape index (κ1) is 26.7. The smallest absolute Gasteiger partial charge is 0.254 e. The van der Waals surface area contributed by atoms with Crippen LogP contribution < -0.4 is 10.2 Å².